The van der Waals surface area contributed by atoms with E-state index in [-0.39, 0.29) is 5.56 Å². The first-order valence-electron chi connectivity index (χ1n) is 16.3. The van der Waals surface area contributed by atoms with Gasteiger partial charge in [0.05, 0.1) is 5.52 Å². The smallest absolute Gasteiger partial charge is 0.263 e. The van der Waals surface area contributed by atoms with E-state index in [1.54, 1.807) is 0 Å². The van der Waals surface area contributed by atoms with Crippen LogP contribution in [0.25, 0.3) is 61.3 Å². The topological polar surface area (TPSA) is 43.9 Å². The number of furan rings is 1. The largest absolute Gasteiger partial charge is 0.456 e. The highest BCUT2D eigenvalue weighted by Crippen LogP contribution is 2.41. The Labute approximate surface area is 270 Å². The lowest BCUT2D eigenvalue weighted by atomic mass is 9.90. The van der Waals surface area contributed by atoms with Crippen LogP contribution >= 0.6 is 0 Å². The maximum Gasteiger partial charge on any atom is 0.263 e. The first-order valence-corrected chi connectivity index (χ1v) is 16.3. The van der Waals surface area contributed by atoms with Gasteiger partial charge < -0.3 is 9.15 Å². The SMILES string of the molecule is C=C1C=CC=C(C2=Cc3c(n4c(=O)c5ccccc5c5cc(C6=c7oc8ccccc8c7=CCC6)cc3c54)CC2)Oc2ccccc21. The van der Waals surface area contributed by atoms with Crippen LogP contribution in [0.5, 0.6) is 5.75 Å². The first kappa shape index (κ1) is 26.4. The highest BCUT2D eigenvalue weighted by Gasteiger charge is 2.27. The molecule has 0 N–H and O–H groups in total. The van der Waals surface area contributed by atoms with Crippen LogP contribution in [0.4, 0.5) is 0 Å². The van der Waals surface area contributed by atoms with Gasteiger partial charge in [-0.1, -0.05) is 79.4 Å². The zero-order chi connectivity index (χ0) is 31.2. The minimum Gasteiger partial charge on any atom is -0.456 e. The molecule has 3 aliphatic rings. The van der Waals surface area contributed by atoms with Gasteiger partial charge >= 0.3 is 0 Å². The van der Waals surface area contributed by atoms with E-state index in [1.807, 2.05) is 77.2 Å². The number of hydrogen-bond donors (Lipinski definition) is 0. The Morgan fingerprint density at radius 2 is 1.57 bits per heavy atom. The molecule has 3 aromatic heterocycles. The number of fused-ring (bicyclic) bond motifs is 9. The molecule has 4 nitrogen and oxygen atoms in total. The molecular weight excluding hydrogens is 578 g/mol. The second kappa shape index (κ2) is 9.81. The second-order valence-electron chi connectivity index (χ2n) is 12.7. The van der Waals surface area contributed by atoms with Crippen LogP contribution in [0.15, 0.2) is 130 Å². The van der Waals surface area contributed by atoms with Gasteiger partial charge in [-0.15, -0.1) is 0 Å². The summed E-state index contributed by atoms with van der Waals surface area (Å²) >= 11 is 0. The van der Waals surface area contributed by atoms with E-state index in [1.165, 1.54) is 10.8 Å². The van der Waals surface area contributed by atoms with Crippen LogP contribution in [0.3, 0.4) is 0 Å². The minimum atomic E-state index is 0.0419. The molecule has 0 amide bonds. The minimum absolute atomic E-state index is 0.0419. The Morgan fingerprint density at radius 3 is 2.49 bits per heavy atom. The monoisotopic (exact) mass is 607 g/mol. The Kier molecular flexibility index (Phi) is 5.50. The molecule has 0 atom stereocenters. The van der Waals surface area contributed by atoms with E-state index < -0.39 is 0 Å². The predicted octanol–water partition coefficient (Wildman–Crippen LogP) is 8.44. The van der Waals surface area contributed by atoms with Gasteiger partial charge in [0.2, 0.25) is 0 Å². The van der Waals surface area contributed by atoms with E-state index in [0.717, 1.165) is 114 Å². The average molecular weight is 608 g/mol. The molecule has 7 aromatic rings. The number of ether oxygens (including phenoxy) is 1. The molecule has 0 radical (unpaired) electrons. The van der Waals surface area contributed by atoms with E-state index in [4.69, 9.17) is 9.15 Å². The Balaban J connectivity index is 1.27. The Morgan fingerprint density at radius 1 is 0.787 bits per heavy atom. The van der Waals surface area contributed by atoms with Crippen LogP contribution in [-0.2, 0) is 6.42 Å². The van der Waals surface area contributed by atoms with Crippen molar-refractivity contribution < 1.29 is 9.15 Å². The number of rotatable bonds is 2. The lowest BCUT2D eigenvalue weighted by Gasteiger charge is -2.20. The predicted molar refractivity (Wildman–Crippen MR) is 191 cm³/mol. The molecule has 0 bridgehead atoms. The second-order valence-corrected chi connectivity index (χ2v) is 12.7. The van der Waals surface area contributed by atoms with Gasteiger partial charge in [0.1, 0.15) is 22.5 Å². The molecule has 1 aliphatic heterocycles. The normalized spacial score (nSPS) is 15.9. The van der Waals surface area contributed by atoms with Gasteiger partial charge in [0.25, 0.3) is 5.56 Å². The summed E-state index contributed by atoms with van der Waals surface area (Å²) in [6.45, 7) is 4.23. The number of aryl methyl sites for hydroxylation is 1. The zero-order valence-corrected chi connectivity index (χ0v) is 25.7. The van der Waals surface area contributed by atoms with Crippen molar-refractivity contribution in [2.24, 2.45) is 0 Å². The number of hydrogen-bond acceptors (Lipinski definition) is 3. The highest BCUT2D eigenvalue weighted by molar-refractivity contribution is 6.15. The van der Waals surface area contributed by atoms with Crippen molar-refractivity contribution in [3.05, 3.63) is 164 Å². The summed E-state index contributed by atoms with van der Waals surface area (Å²) in [5, 5.41) is 6.23. The first-order chi connectivity index (χ1) is 23.1. The lowest BCUT2D eigenvalue weighted by Crippen LogP contribution is -2.26. The van der Waals surface area contributed by atoms with Crippen molar-refractivity contribution in [1.29, 1.82) is 0 Å². The maximum atomic E-state index is 14.2. The molecule has 4 heteroatoms. The maximum absolute atomic E-state index is 14.2. The molecule has 4 aromatic carbocycles. The highest BCUT2D eigenvalue weighted by atomic mass is 16.5. The van der Waals surface area contributed by atoms with Gasteiger partial charge in [-0.05, 0) is 90.3 Å². The van der Waals surface area contributed by atoms with Crippen molar-refractivity contribution in [1.82, 2.24) is 4.40 Å². The molecule has 0 spiro atoms. The fourth-order valence-corrected chi connectivity index (χ4v) is 7.95. The van der Waals surface area contributed by atoms with Crippen molar-refractivity contribution in [3.8, 4) is 5.75 Å². The molecule has 10 rings (SSSR count). The molecular formula is C43H29NO3. The Bertz CT molecular complexity index is 2800. The molecule has 47 heavy (non-hydrogen) atoms. The van der Waals surface area contributed by atoms with Gasteiger partial charge in [0.15, 0.2) is 0 Å². The Hall–Kier alpha value is -5.87. The van der Waals surface area contributed by atoms with Gasteiger partial charge in [0, 0.05) is 49.2 Å². The van der Waals surface area contributed by atoms with Crippen molar-refractivity contribution in [2.75, 3.05) is 0 Å². The zero-order valence-electron chi connectivity index (χ0n) is 25.7. The average Bonchev–Trinajstić information content (AvgIpc) is 3.65. The van der Waals surface area contributed by atoms with Crippen LogP contribution in [0.1, 0.15) is 41.6 Å². The number of aromatic nitrogens is 1. The fraction of sp³-hybridized carbons (Fsp3) is 0.0930. The summed E-state index contributed by atoms with van der Waals surface area (Å²) in [6, 6.07) is 28.9. The molecule has 2 aliphatic carbocycles. The van der Waals surface area contributed by atoms with E-state index in [2.05, 4.69) is 49.1 Å². The van der Waals surface area contributed by atoms with Gasteiger partial charge in [-0.25, -0.2) is 0 Å². The number of nitrogens with zero attached hydrogens (tertiary/aromatic N) is 1. The number of allylic oxidation sites excluding steroid dienone is 5. The van der Waals surface area contributed by atoms with E-state index in [0.29, 0.717) is 0 Å². The summed E-state index contributed by atoms with van der Waals surface area (Å²) in [5.41, 5.74) is 10.4. The summed E-state index contributed by atoms with van der Waals surface area (Å²) < 4.78 is 15.1. The van der Waals surface area contributed by atoms with Crippen LogP contribution in [0.2, 0.25) is 0 Å². The van der Waals surface area contributed by atoms with Crippen LogP contribution < -0.4 is 20.9 Å². The summed E-state index contributed by atoms with van der Waals surface area (Å²) in [4.78, 5) is 14.2. The number of pyridine rings is 1. The van der Waals surface area contributed by atoms with Gasteiger partial charge in [-0.3, -0.25) is 9.20 Å². The van der Waals surface area contributed by atoms with Crippen molar-refractivity contribution in [2.45, 2.75) is 25.7 Å². The third kappa shape index (κ3) is 3.79. The molecule has 0 saturated heterocycles. The third-order valence-electron chi connectivity index (χ3n) is 10.1. The van der Waals surface area contributed by atoms with Crippen molar-refractivity contribution >= 4 is 61.3 Å². The van der Waals surface area contributed by atoms with Gasteiger partial charge in [-0.2, -0.15) is 0 Å². The number of para-hydroxylation sites is 2. The lowest BCUT2D eigenvalue weighted by molar-refractivity contribution is 0.430. The standard InChI is InChI=1S/C43H29NO3/c1-25-10-8-19-38(46-39-17-6-4-11-28(25)39)26-20-21-37-34(22-26)36-24-27(23-35-30-12-2-3-14-33(30)43(45)44(37)41(35)36)29-15-9-16-32-31-13-5-7-18-40(31)47-42(29)32/h2-8,10-14,16-19,22-24H,1,9,15,20-21H2. The summed E-state index contributed by atoms with van der Waals surface area (Å²) in [5.74, 6) is 1.61. The van der Waals surface area contributed by atoms with Crippen LogP contribution in [0, 0.1) is 0 Å². The van der Waals surface area contributed by atoms with Crippen molar-refractivity contribution in [3.63, 3.8) is 0 Å². The fourth-order valence-electron chi connectivity index (χ4n) is 7.95. The molecule has 224 valence electrons. The quantitative estimate of drug-likeness (QED) is 0.185. The summed E-state index contributed by atoms with van der Waals surface area (Å²) in [7, 11) is 0. The molecule has 0 saturated carbocycles. The molecule has 0 unspecified atom stereocenters. The number of benzene rings is 4. The van der Waals surface area contributed by atoms with E-state index in [9.17, 15) is 4.79 Å². The van der Waals surface area contributed by atoms with Crippen LogP contribution in [-0.4, -0.2) is 4.40 Å². The molecule has 0 fully saturated rings. The molecule has 4 heterocycles. The van der Waals surface area contributed by atoms with E-state index >= 15 is 0 Å². The summed E-state index contributed by atoms with van der Waals surface area (Å²) in [6.07, 6.45) is 14.0. The third-order valence-corrected chi connectivity index (χ3v) is 10.1.